The number of nitrogens with zero attached hydrogens (tertiary/aromatic N) is 3. The van der Waals surface area contributed by atoms with Crippen LogP contribution in [-0.4, -0.2) is 97.8 Å². The molecule has 3 saturated heterocycles. The molecule has 0 spiro atoms. The Kier molecular flexibility index (Phi) is 6.49. The van der Waals surface area contributed by atoms with Gasteiger partial charge in [-0.05, 0) is 33.2 Å². The van der Waals surface area contributed by atoms with E-state index in [1.165, 1.54) is 6.42 Å². The summed E-state index contributed by atoms with van der Waals surface area (Å²) in [6.07, 6.45) is 3.35. The molecule has 1 amide bonds. The maximum Gasteiger partial charge on any atom is 0.224 e. The average molecular weight is 338 g/mol. The Labute approximate surface area is 146 Å². The maximum atomic E-state index is 12.4. The molecule has 0 aromatic carbocycles. The van der Waals surface area contributed by atoms with Crippen LogP contribution >= 0.6 is 0 Å². The number of rotatable bonds is 5. The first kappa shape index (κ1) is 18.1. The van der Waals surface area contributed by atoms with E-state index in [-0.39, 0.29) is 0 Å². The van der Waals surface area contributed by atoms with Gasteiger partial charge in [0.05, 0.1) is 12.7 Å². The predicted octanol–water partition coefficient (Wildman–Crippen LogP) is 0.382. The van der Waals surface area contributed by atoms with Gasteiger partial charge in [0.25, 0.3) is 0 Å². The second-order valence-corrected chi connectivity index (χ2v) is 7.76. The van der Waals surface area contributed by atoms with Crippen LogP contribution in [0.4, 0.5) is 0 Å². The first-order valence-corrected chi connectivity index (χ1v) is 9.71. The fourth-order valence-electron chi connectivity index (χ4n) is 4.06. The number of carbonyl (C=O) groups is 1. The number of morpholine rings is 1. The van der Waals surface area contributed by atoms with Crippen molar-refractivity contribution in [2.24, 2.45) is 0 Å². The van der Waals surface area contributed by atoms with Crippen molar-refractivity contribution in [2.75, 3.05) is 59.0 Å². The van der Waals surface area contributed by atoms with Crippen molar-refractivity contribution in [3.8, 4) is 0 Å². The summed E-state index contributed by atoms with van der Waals surface area (Å²) < 4.78 is 5.95. The van der Waals surface area contributed by atoms with Crippen molar-refractivity contribution in [3.05, 3.63) is 0 Å². The topological polar surface area (TPSA) is 48.1 Å². The van der Waals surface area contributed by atoms with Crippen LogP contribution in [0.3, 0.4) is 0 Å². The number of ether oxygens (including phenoxy) is 1. The Morgan fingerprint density at radius 3 is 2.67 bits per heavy atom. The van der Waals surface area contributed by atoms with E-state index in [1.807, 2.05) is 0 Å². The van der Waals surface area contributed by atoms with Crippen molar-refractivity contribution in [3.63, 3.8) is 0 Å². The Morgan fingerprint density at radius 1 is 1.21 bits per heavy atom. The molecule has 0 aromatic rings. The molecule has 0 bridgehead atoms. The predicted molar refractivity (Wildman–Crippen MR) is 95.1 cm³/mol. The lowest BCUT2D eigenvalue weighted by Crippen LogP contribution is -2.54. The first-order valence-electron chi connectivity index (χ1n) is 9.71. The van der Waals surface area contributed by atoms with Crippen LogP contribution in [0, 0.1) is 0 Å². The summed E-state index contributed by atoms with van der Waals surface area (Å²) in [5, 5.41) is 3.42. The summed E-state index contributed by atoms with van der Waals surface area (Å²) in [6.45, 7) is 13.2. The van der Waals surface area contributed by atoms with Gasteiger partial charge < -0.3 is 15.0 Å². The van der Waals surface area contributed by atoms with E-state index in [2.05, 4.69) is 33.9 Å². The van der Waals surface area contributed by atoms with E-state index >= 15 is 0 Å². The van der Waals surface area contributed by atoms with Gasteiger partial charge in [0.15, 0.2) is 0 Å². The third-order valence-electron chi connectivity index (χ3n) is 5.67. The normalized spacial score (nSPS) is 30.2. The van der Waals surface area contributed by atoms with Crippen LogP contribution in [0.5, 0.6) is 0 Å². The lowest BCUT2D eigenvalue weighted by Gasteiger charge is -2.40. The van der Waals surface area contributed by atoms with Gasteiger partial charge in [-0.15, -0.1) is 0 Å². The molecule has 24 heavy (non-hydrogen) atoms. The second kappa shape index (κ2) is 8.61. The highest BCUT2D eigenvalue weighted by Gasteiger charge is 2.28. The van der Waals surface area contributed by atoms with Crippen molar-refractivity contribution < 1.29 is 9.53 Å². The molecule has 6 nitrogen and oxygen atoms in total. The van der Waals surface area contributed by atoms with Gasteiger partial charge in [0.2, 0.25) is 5.91 Å². The molecule has 3 aliphatic rings. The molecule has 0 saturated carbocycles. The maximum absolute atomic E-state index is 12.4. The molecule has 0 radical (unpaired) electrons. The van der Waals surface area contributed by atoms with Crippen molar-refractivity contribution >= 4 is 5.91 Å². The summed E-state index contributed by atoms with van der Waals surface area (Å²) in [5.41, 5.74) is 0. The molecular formula is C18H34N4O2. The zero-order valence-electron chi connectivity index (χ0n) is 15.4. The minimum atomic E-state index is 0.311. The van der Waals surface area contributed by atoms with Crippen molar-refractivity contribution in [2.45, 2.75) is 51.3 Å². The van der Waals surface area contributed by atoms with E-state index in [0.29, 0.717) is 30.5 Å². The molecule has 1 N–H and O–H groups in total. The van der Waals surface area contributed by atoms with E-state index in [9.17, 15) is 4.79 Å². The van der Waals surface area contributed by atoms with Crippen LogP contribution in [-0.2, 0) is 9.53 Å². The summed E-state index contributed by atoms with van der Waals surface area (Å²) in [6, 6.07) is 1.00. The van der Waals surface area contributed by atoms with Gasteiger partial charge in [-0.2, -0.15) is 0 Å². The standard InChI is InChI=1S/C18H34N4O2/c1-15(2)22-10-11-24-17(14-22)13-20-6-8-21(9-7-20)18(23)12-16-4-3-5-19-16/h15-17,19H,3-14H2,1-2H3. The minimum absolute atomic E-state index is 0.311. The summed E-state index contributed by atoms with van der Waals surface area (Å²) in [4.78, 5) is 19.4. The molecule has 0 aromatic heterocycles. The third-order valence-corrected chi connectivity index (χ3v) is 5.67. The number of piperazine rings is 1. The summed E-state index contributed by atoms with van der Waals surface area (Å²) in [7, 11) is 0. The zero-order valence-corrected chi connectivity index (χ0v) is 15.4. The summed E-state index contributed by atoms with van der Waals surface area (Å²) >= 11 is 0. The van der Waals surface area contributed by atoms with Gasteiger partial charge >= 0.3 is 0 Å². The largest absolute Gasteiger partial charge is 0.374 e. The first-order chi connectivity index (χ1) is 11.6. The number of nitrogens with one attached hydrogen (secondary N) is 1. The quantitative estimate of drug-likeness (QED) is 0.785. The van der Waals surface area contributed by atoms with Crippen molar-refractivity contribution in [1.82, 2.24) is 20.0 Å². The highest BCUT2D eigenvalue weighted by Crippen LogP contribution is 2.14. The fourth-order valence-corrected chi connectivity index (χ4v) is 4.06. The Hall–Kier alpha value is -0.690. The monoisotopic (exact) mass is 338 g/mol. The van der Waals surface area contributed by atoms with Gasteiger partial charge in [-0.3, -0.25) is 14.6 Å². The molecule has 6 heteroatoms. The Bertz CT molecular complexity index is 404. The molecule has 3 aliphatic heterocycles. The van der Waals surface area contributed by atoms with Crippen LogP contribution in [0.25, 0.3) is 0 Å². The molecule has 0 aliphatic carbocycles. The number of hydrogen-bond donors (Lipinski definition) is 1. The molecule has 3 heterocycles. The summed E-state index contributed by atoms with van der Waals surface area (Å²) in [5.74, 6) is 0.328. The minimum Gasteiger partial charge on any atom is -0.374 e. The van der Waals surface area contributed by atoms with Crippen LogP contribution < -0.4 is 5.32 Å². The van der Waals surface area contributed by atoms with E-state index in [1.54, 1.807) is 0 Å². The highest BCUT2D eigenvalue weighted by atomic mass is 16.5. The molecule has 2 unspecified atom stereocenters. The average Bonchev–Trinajstić information content (AvgIpc) is 3.08. The van der Waals surface area contributed by atoms with Crippen LogP contribution in [0.2, 0.25) is 0 Å². The molecule has 138 valence electrons. The second-order valence-electron chi connectivity index (χ2n) is 7.76. The van der Waals surface area contributed by atoms with E-state index in [4.69, 9.17) is 4.74 Å². The third kappa shape index (κ3) is 4.91. The van der Waals surface area contributed by atoms with Gasteiger partial charge in [0, 0.05) is 64.3 Å². The Morgan fingerprint density at radius 2 is 2.00 bits per heavy atom. The van der Waals surface area contributed by atoms with Gasteiger partial charge in [0.1, 0.15) is 0 Å². The Balaban J connectivity index is 1.38. The SMILES string of the molecule is CC(C)N1CCOC(CN2CCN(C(=O)CC3CCCN3)CC2)C1. The number of hydrogen-bond acceptors (Lipinski definition) is 5. The molecule has 3 rings (SSSR count). The lowest BCUT2D eigenvalue weighted by molar-refractivity contribution is -0.133. The fraction of sp³-hybridized carbons (Fsp3) is 0.944. The van der Waals surface area contributed by atoms with Gasteiger partial charge in [-0.25, -0.2) is 0 Å². The van der Waals surface area contributed by atoms with Crippen LogP contribution in [0.15, 0.2) is 0 Å². The van der Waals surface area contributed by atoms with Crippen molar-refractivity contribution in [1.29, 1.82) is 0 Å². The zero-order chi connectivity index (χ0) is 16.9. The van der Waals surface area contributed by atoms with E-state index < -0.39 is 0 Å². The lowest BCUT2D eigenvalue weighted by atomic mass is 10.1. The van der Waals surface area contributed by atoms with Crippen LogP contribution in [0.1, 0.15) is 33.1 Å². The van der Waals surface area contributed by atoms with Gasteiger partial charge in [-0.1, -0.05) is 0 Å². The molecule has 3 fully saturated rings. The molecular weight excluding hydrogens is 304 g/mol. The highest BCUT2D eigenvalue weighted by molar-refractivity contribution is 5.77. The molecule has 2 atom stereocenters. The number of carbonyl (C=O) groups excluding carboxylic acids is 1. The smallest absolute Gasteiger partial charge is 0.224 e. The van der Waals surface area contributed by atoms with E-state index in [0.717, 1.165) is 65.4 Å². The number of amides is 1.